The Balaban J connectivity index is 2.19. The third kappa shape index (κ3) is 2.84. The Kier molecular flexibility index (Phi) is 4.01. The molecule has 0 unspecified atom stereocenters. The Morgan fingerprint density at radius 1 is 1.28 bits per heavy atom. The first-order chi connectivity index (χ1) is 11.9. The van der Waals surface area contributed by atoms with E-state index in [0.717, 1.165) is 17.9 Å². The van der Waals surface area contributed by atoms with Crippen molar-refractivity contribution in [3.05, 3.63) is 46.3 Å². The van der Waals surface area contributed by atoms with Crippen LogP contribution in [-0.4, -0.2) is 47.9 Å². The zero-order valence-corrected chi connectivity index (χ0v) is 13.7. The Morgan fingerprint density at radius 3 is 2.68 bits per heavy atom. The van der Waals surface area contributed by atoms with Gasteiger partial charge in [-0.3, -0.25) is 9.78 Å². The summed E-state index contributed by atoms with van der Waals surface area (Å²) in [5.74, 6) is -1.41. The number of hydrogen-bond acceptors (Lipinski definition) is 8. The molecule has 0 saturated carbocycles. The molecule has 0 spiro atoms. The van der Waals surface area contributed by atoms with E-state index in [2.05, 4.69) is 25.1 Å². The molecule has 3 aromatic rings. The van der Waals surface area contributed by atoms with Gasteiger partial charge in [0, 0.05) is 24.4 Å². The van der Waals surface area contributed by atoms with Gasteiger partial charge in [-0.05, 0) is 13.0 Å². The molecule has 0 aliphatic heterocycles. The van der Waals surface area contributed by atoms with Crippen molar-refractivity contribution in [3.63, 3.8) is 0 Å². The van der Waals surface area contributed by atoms with E-state index in [1.165, 1.54) is 6.20 Å². The quantitative estimate of drug-likeness (QED) is 0.670. The van der Waals surface area contributed by atoms with Crippen LogP contribution in [0.5, 0.6) is 5.75 Å². The van der Waals surface area contributed by atoms with E-state index in [1.54, 1.807) is 30.9 Å². The standard InChI is InChI=1S/C15H14N6O4/c1-8-10(11-7-17-19-20(11)2)4-9(6-16-8)21-13(23)5-12(22)14(18-21)15(24)25-3/h4-7,22H,1-3H3. The lowest BCUT2D eigenvalue weighted by atomic mass is 10.1. The van der Waals surface area contributed by atoms with Crippen LogP contribution in [0.2, 0.25) is 0 Å². The highest BCUT2D eigenvalue weighted by molar-refractivity contribution is 5.89. The zero-order valence-electron chi connectivity index (χ0n) is 13.7. The van der Waals surface area contributed by atoms with E-state index in [-0.39, 0.29) is 5.69 Å². The van der Waals surface area contributed by atoms with Gasteiger partial charge in [0.1, 0.15) is 0 Å². The third-order valence-electron chi connectivity index (χ3n) is 3.60. The first-order valence-electron chi connectivity index (χ1n) is 7.16. The van der Waals surface area contributed by atoms with Gasteiger partial charge in [-0.1, -0.05) is 5.21 Å². The van der Waals surface area contributed by atoms with Crippen LogP contribution >= 0.6 is 0 Å². The minimum Gasteiger partial charge on any atom is -0.505 e. The van der Waals surface area contributed by atoms with E-state index in [1.807, 2.05) is 0 Å². The third-order valence-corrected chi connectivity index (χ3v) is 3.60. The molecular formula is C15H14N6O4. The Hall–Kier alpha value is -3.56. The molecule has 0 fully saturated rings. The summed E-state index contributed by atoms with van der Waals surface area (Å²) in [6.07, 6.45) is 3.01. The van der Waals surface area contributed by atoms with Crippen LogP contribution < -0.4 is 5.56 Å². The monoisotopic (exact) mass is 342 g/mol. The van der Waals surface area contributed by atoms with Crippen molar-refractivity contribution in [2.24, 2.45) is 7.05 Å². The van der Waals surface area contributed by atoms with Crippen molar-refractivity contribution < 1.29 is 14.6 Å². The molecule has 3 rings (SSSR count). The highest BCUT2D eigenvalue weighted by atomic mass is 16.5. The molecule has 128 valence electrons. The molecule has 0 aliphatic carbocycles. The second kappa shape index (κ2) is 6.15. The molecule has 3 heterocycles. The number of carbonyl (C=O) groups excluding carboxylic acids is 1. The molecule has 3 aromatic heterocycles. The SMILES string of the molecule is COC(=O)c1nn(-c2cnc(C)c(-c3cnnn3C)c2)c(=O)cc1O. The highest BCUT2D eigenvalue weighted by Gasteiger charge is 2.18. The summed E-state index contributed by atoms with van der Waals surface area (Å²) in [5, 5.41) is 21.3. The normalized spacial score (nSPS) is 10.7. The van der Waals surface area contributed by atoms with E-state index >= 15 is 0 Å². The number of carbonyl (C=O) groups is 1. The van der Waals surface area contributed by atoms with Crippen molar-refractivity contribution in [3.8, 4) is 22.7 Å². The summed E-state index contributed by atoms with van der Waals surface area (Å²) in [6, 6.07) is 2.57. The molecule has 0 aliphatic rings. The van der Waals surface area contributed by atoms with Crippen LogP contribution in [0.1, 0.15) is 16.2 Å². The molecule has 25 heavy (non-hydrogen) atoms. The summed E-state index contributed by atoms with van der Waals surface area (Å²) in [6.45, 7) is 1.80. The predicted octanol–water partition coefficient (Wildman–Crippen LogP) is 0.224. The average molecular weight is 342 g/mol. The van der Waals surface area contributed by atoms with Crippen LogP contribution in [0.3, 0.4) is 0 Å². The maximum absolute atomic E-state index is 12.2. The fraction of sp³-hybridized carbons (Fsp3) is 0.200. The number of esters is 1. The largest absolute Gasteiger partial charge is 0.505 e. The zero-order chi connectivity index (χ0) is 18.1. The number of hydrogen-bond donors (Lipinski definition) is 1. The fourth-order valence-electron chi connectivity index (χ4n) is 2.30. The Bertz CT molecular complexity index is 1020. The lowest BCUT2D eigenvalue weighted by Gasteiger charge is -2.10. The lowest BCUT2D eigenvalue weighted by Crippen LogP contribution is -2.23. The molecule has 10 heteroatoms. The van der Waals surface area contributed by atoms with E-state index in [4.69, 9.17) is 0 Å². The van der Waals surface area contributed by atoms with E-state index in [9.17, 15) is 14.7 Å². The number of methoxy groups -OCH3 is 1. The van der Waals surface area contributed by atoms with Crippen molar-refractivity contribution in [2.75, 3.05) is 7.11 Å². The summed E-state index contributed by atoms with van der Waals surface area (Å²) in [5.41, 5.74) is 1.43. The van der Waals surface area contributed by atoms with E-state index < -0.39 is 17.3 Å². The molecule has 0 aromatic carbocycles. The first-order valence-corrected chi connectivity index (χ1v) is 7.16. The summed E-state index contributed by atoms with van der Waals surface area (Å²) >= 11 is 0. The minimum atomic E-state index is -0.859. The van der Waals surface area contributed by atoms with Crippen LogP contribution in [0.15, 0.2) is 29.3 Å². The Labute approximate surface area is 141 Å². The maximum atomic E-state index is 12.2. The second-order valence-corrected chi connectivity index (χ2v) is 5.19. The smallest absolute Gasteiger partial charge is 0.362 e. The van der Waals surface area contributed by atoms with Crippen molar-refractivity contribution >= 4 is 5.97 Å². The van der Waals surface area contributed by atoms with Gasteiger partial charge in [-0.25, -0.2) is 9.48 Å². The van der Waals surface area contributed by atoms with Crippen LogP contribution in [0.25, 0.3) is 16.9 Å². The van der Waals surface area contributed by atoms with Crippen molar-refractivity contribution in [1.82, 2.24) is 29.8 Å². The summed E-state index contributed by atoms with van der Waals surface area (Å²) in [4.78, 5) is 28.1. The first kappa shape index (κ1) is 16.3. The van der Waals surface area contributed by atoms with Gasteiger partial charge < -0.3 is 9.84 Å². The van der Waals surface area contributed by atoms with Crippen molar-refractivity contribution in [1.29, 1.82) is 0 Å². The van der Waals surface area contributed by atoms with E-state index in [0.29, 0.717) is 22.6 Å². The van der Waals surface area contributed by atoms with Crippen LogP contribution in [-0.2, 0) is 11.8 Å². The number of ether oxygens (including phenoxy) is 1. The topological polar surface area (TPSA) is 125 Å². The summed E-state index contributed by atoms with van der Waals surface area (Å²) < 4.78 is 7.09. The van der Waals surface area contributed by atoms with Gasteiger partial charge in [0.25, 0.3) is 5.56 Å². The maximum Gasteiger partial charge on any atom is 0.362 e. The highest BCUT2D eigenvalue weighted by Crippen LogP contribution is 2.23. The van der Waals surface area contributed by atoms with Gasteiger partial charge in [0.2, 0.25) is 5.69 Å². The number of aryl methyl sites for hydroxylation is 2. The number of nitrogens with zero attached hydrogens (tertiary/aromatic N) is 6. The molecular weight excluding hydrogens is 328 g/mol. The van der Waals surface area contributed by atoms with Crippen LogP contribution in [0.4, 0.5) is 0 Å². The van der Waals surface area contributed by atoms with Crippen molar-refractivity contribution in [2.45, 2.75) is 6.92 Å². The van der Waals surface area contributed by atoms with Gasteiger partial charge in [0.15, 0.2) is 5.75 Å². The fourth-order valence-corrected chi connectivity index (χ4v) is 2.30. The van der Waals surface area contributed by atoms with Gasteiger partial charge in [-0.15, -0.1) is 5.10 Å². The molecule has 0 bridgehead atoms. The summed E-state index contributed by atoms with van der Waals surface area (Å²) in [7, 11) is 2.88. The molecule has 0 radical (unpaired) electrons. The van der Waals surface area contributed by atoms with Gasteiger partial charge in [-0.2, -0.15) is 9.78 Å². The van der Waals surface area contributed by atoms with Gasteiger partial charge in [0.05, 0.1) is 30.9 Å². The molecule has 10 nitrogen and oxygen atoms in total. The molecule has 0 amide bonds. The number of aromatic hydroxyl groups is 1. The average Bonchev–Trinajstić information content (AvgIpc) is 3.01. The predicted molar refractivity (Wildman–Crippen MR) is 85.4 cm³/mol. The number of rotatable bonds is 3. The number of aromatic nitrogens is 6. The van der Waals surface area contributed by atoms with Gasteiger partial charge >= 0.3 is 5.97 Å². The Morgan fingerprint density at radius 2 is 2.04 bits per heavy atom. The minimum absolute atomic E-state index is 0.317. The molecule has 0 saturated heterocycles. The molecule has 0 atom stereocenters. The lowest BCUT2D eigenvalue weighted by molar-refractivity contribution is 0.0588. The number of pyridine rings is 1. The second-order valence-electron chi connectivity index (χ2n) is 5.19. The molecule has 1 N–H and O–H groups in total. The van der Waals surface area contributed by atoms with Crippen LogP contribution in [0, 0.1) is 6.92 Å².